The van der Waals surface area contributed by atoms with E-state index in [0.717, 1.165) is 43.6 Å². The van der Waals surface area contributed by atoms with Gasteiger partial charge in [-0.3, -0.25) is 4.98 Å². The molecule has 0 atom stereocenters. The number of aryl methyl sites for hydroxylation is 2. The van der Waals surface area contributed by atoms with Gasteiger partial charge in [0.05, 0.1) is 10.5 Å². The maximum Gasteiger partial charge on any atom is 0.0760 e. The molecule has 0 radical (unpaired) electrons. The van der Waals surface area contributed by atoms with Crippen molar-refractivity contribution in [1.29, 1.82) is 0 Å². The fourth-order valence-electron chi connectivity index (χ4n) is 1.96. The van der Waals surface area contributed by atoms with E-state index in [-0.39, 0.29) is 0 Å². The highest BCUT2D eigenvalue weighted by molar-refractivity contribution is 9.10. The lowest BCUT2D eigenvalue weighted by atomic mass is 10.1. The lowest BCUT2D eigenvalue weighted by Crippen LogP contribution is -1.96. The number of hydrogen-bond donors (Lipinski definition) is 0. The monoisotopic (exact) mass is 297 g/mol. The Labute approximate surface area is 109 Å². The van der Waals surface area contributed by atoms with Crippen molar-refractivity contribution in [2.75, 3.05) is 0 Å². The van der Waals surface area contributed by atoms with Gasteiger partial charge in [-0.2, -0.15) is 0 Å². The molecule has 1 aromatic heterocycles. The third-order valence-electron chi connectivity index (χ3n) is 2.94. The van der Waals surface area contributed by atoms with Crippen LogP contribution in [0.3, 0.4) is 0 Å². The van der Waals surface area contributed by atoms with Gasteiger partial charge in [-0.1, -0.05) is 40.5 Å². The van der Waals surface area contributed by atoms with Crippen LogP contribution in [-0.4, -0.2) is 4.98 Å². The predicted molar refractivity (Wildman–Crippen MR) is 73.3 cm³/mol. The molecule has 1 heterocycles. The van der Waals surface area contributed by atoms with Gasteiger partial charge in [0.15, 0.2) is 0 Å². The lowest BCUT2D eigenvalue weighted by molar-refractivity contribution is 1.07. The summed E-state index contributed by atoms with van der Waals surface area (Å²) in [6.45, 7) is 6.18. The Balaban J connectivity index is 2.92. The average molecular weight is 299 g/mol. The van der Waals surface area contributed by atoms with Gasteiger partial charge in [0.2, 0.25) is 0 Å². The Morgan fingerprint density at radius 1 is 1.31 bits per heavy atom. The van der Waals surface area contributed by atoms with Crippen LogP contribution in [0, 0.1) is 13.8 Å². The molecule has 0 fully saturated rings. The van der Waals surface area contributed by atoms with Crippen LogP contribution in [-0.2, 0) is 6.42 Å². The van der Waals surface area contributed by atoms with E-state index in [1.807, 2.05) is 19.1 Å². The van der Waals surface area contributed by atoms with E-state index in [1.54, 1.807) is 0 Å². The zero-order valence-electron chi connectivity index (χ0n) is 9.56. The predicted octanol–water partition coefficient (Wildman–Crippen LogP) is 4.83. The number of nitrogens with zero attached hydrogens (tertiary/aromatic N) is 1. The van der Waals surface area contributed by atoms with Crippen LogP contribution < -0.4 is 0 Å². The van der Waals surface area contributed by atoms with Gasteiger partial charge in [0.25, 0.3) is 0 Å². The van der Waals surface area contributed by atoms with Crippen molar-refractivity contribution < 1.29 is 0 Å². The van der Waals surface area contributed by atoms with E-state index < -0.39 is 0 Å². The lowest BCUT2D eigenvalue weighted by Gasteiger charge is -2.11. The fourth-order valence-corrected chi connectivity index (χ4v) is 2.71. The molecule has 0 aliphatic carbocycles. The molecule has 2 rings (SSSR count). The molecule has 3 heteroatoms. The van der Waals surface area contributed by atoms with E-state index >= 15 is 0 Å². The summed E-state index contributed by atoms with van der Waals surface area (Å²) in [5, 5.41) is 1.89. The van der Waals surface area contributed by atoms with Crippen LogP contribution in [0.25, 0.3) is 10.9 Å². The Bertz CT molecular complexity index is 564. The van der Waals surface area contributed by atoms with Crippen LogP contribution >= 0.6 is 27.5 Å². The quantitative estimate of drug-likeness (QED) is 0.735. The third-order valence-corrected chi connectivity index (χ3v) is 4.23. The minimum Gasteiger partial charge on any atom is -0.252 e. The molecule has 1 aromatic carbocycles. The van der Waals surface area contributed by atoms with Crippen molar-refractivity contribution in [2.24, 2.45) is 0 Å². The topological polar surface area (TPSA) is 12.9 Å². The Morgan fingerprint density at radius 3 is 2.62 bits per heavy atom. The highest BCUT2D eigenvalue weighted by Gasteiger charge is 2.11. The third kappa shape index (κ3) is 1.74. The molecule has 0 aliphatic rings. The molecule has 2 aromatic rings. The first kappa shape index (κ1) is 11.9. The number of fused-ring (bicyclic) bond motifs is 1. The smallest absolute Gasteiger partial charge is 0.0760 e. The van der Waals surface area contributed by atoms with E-state index in [0.29, 0.717) is 0 Å². The minimum absolute atomic E-state index is 0.848. The summed E-state index contributed by atoms with van der Waals surface area (Å²) in [6, 6.07) is 4.06. The number of hydrogen-bond acceptors (Lipinski definition) is 1. The highest BCUT2D eigenvalue weighted by atomic mass is 79.9. The fraction of sp³-hybridized carbons (Fsp3) is 0.308. The summed E-state index contributed by atoms with van der Waals surface area (Å²) in [4.78, 5) is 4.65. The number of pyridine rings is 1. The van der Waals surface area contributed by atoms with Crippen molar-refractivity contribution in [3.05, 3.63) is 38.4 Å². The van der Waals surface area contributed by atoms with Crippen molar-refractivity contribution in [3.8, 4) is 0 Å². The molecule has 0 saturated carbocycles. The van der Waals surface area contributed by atoms with E-state index in [2.05, 4.69) is 34.8 Å². The van der Waals surface area contributed by atoms with E-state index in [1.165, 1.54) is 0 Å². The number of aromatic nitrogens is 1. The summed E-state index contributed by atoms with van der Waals surface area (Å²) in [7, 11) is 0. The Kier molecular flexibility index (Phi) is 3.22. The molecule has 0 saturated heterocycles. The van der Waals surface area contributed by atoms with Crippen LogP contribution in [0.4, 0.5) is 0 Å². The minimum atomic E-state index is 0.848. The van der Waals surface area contributed by atoms with Gasteiger partial charge < -0.3 is 0 Å². The van der Waals surface area contributed by atoms with Crippen LogP contribution in [0.15, 0.2) is 16.6 Å². The van der Waals surface area contributed by atoms with E-state index in [4.69, 9.17) is 11.6 Å². The van der Waals surface area contributed by atoms with Crippen molar-refractivity contribution in [2.45, 2.75) is 27.2 Å². The van der Waals surface area contributed by atoms with Crippen molar-refractivity contribution in [1.82, 2.24) is 4.98 Å². The standard InChI is InChI=1S/C13H13BrClN/c1-4-9-8(3)16-13-7(2)11(14)6-5-10(13)12(9)15/h5-6H,4H2,1-3H3. The van der Waals surface area contributed by atoms with Gasteiger partial charge in [-0.15, -0.1) is 0 Å². The molecule has 0 spiro atoms. The van der Waals surface area contributed by atoms with Gasteiger partial charge in [0.1, 0.15) is 0 Å². The summed E-state index contributed by atoms with van der Waals surface area (Å²) in [5.74, 6) is 0. The first-order chi connectivity index (χ1) is 7.56. The zero-order chi connectivity index (χ0) is 11.9. The molecule has 16 heavy (non-hydrogen) atoms. The molecule has 0 bridgehead atoms. The van der Waals surface area contributed by atoms with Crippen LogP contribution in [0.1, 0.15) is 23.7 Å². The second-order valence-electron chi connectivity index (χ2n) is 3.91. The molecular formula is C13H13BrClN. The van der Waals surface area contributed by atoms with Crippen LogP contribution in [0.5, 0.6) is 0 Å². The summed E-state index contributed by atoms with van der Waals surface area (Å²) in [5.41, 5.74) is 4.32. The second kappa shape index (κ2) is 4.34. The van der Waals surface area contributed by atoms with Crippen molar-refractivity contribution in [3.63, 3.8) is 0 Å². The van der Waals surface area contributed by atoms with Gasteiger partial charge in [0, 0.05) is 15.6 Å². The Hall–Kier alpha value is -0.600. The Morgan fingerprint density at radius 2 is 2.00 bits per heavy atom. The molecule has 1 nitrogen and oxygen atoms in total. The molecular weight excluding hydrogens is 286 g/mol. The summed E-state index contributed by atoms with van der Waals surface area (Å²) in [6.07, 6.45) is 0.919. The SMILES string of the molecule is CCc1c(C)nc2c(C)c(Br)ccc2c1Cl. The first-order valence-electron chi connectivity index (χ1n) is 5.30. The molecule has 0 amide bonds. The summed E-state index contributed by atoms with van der Waals surface area (Å²) < 4.78 is 1.08. The number of halogens is 2. The molecule has 0 unspecified atom stereocenters. The number of rotatable bonds is 1. The normalized spacial score (nSPS) is 11.1. The first-order valence-corrected chi connectivity index (χ1v) is 6.47. The second-order valence-corrected chi connectivity index (χ2v) is 5.14. The van der Waals surface area contributed by atoms with E-state index in [9.17, 15) is 0 Å². The highest BCUT2D eigenvalue weighted by Crippen LogP contribution is 2.32. The molecule has 0 aliphatic heterocycles. The number of benzene rings is 1. The maximum atomic E-state index is 6.42. The average Bonchev–Trinajstić information content (AvgIpc) is 2.25. The van der Waals surface area contributed by atoms with Gasteiger partial charge >= 0.3 is 0 Å². The largest absolute Gasteiger partial charge is 0.252 e. The summed E-state index contributed by atoms with van der Waals surface area (Å²) >= 11 is 9.93. The molecule has 0 N–H and O–H groups in total. The molecule has 84 valence electrons. The van der Waals surface area contributed by atoms with Gasteiger partial charge in [-0.25, -0.2) is 0 Å². The zero-order valence-corrected chi connectivity index (χ0v) is 11.9. The van der Waals surface area contributed by atoms with Crippen molar-refractivity contribution >= 4 is 38.4 Å². The van der Waals surface area contributed by atoms with Gasteiger partial charge in [-0.05, 0) is 37.5 Å². The van der Waals surface area contributed by atoms with Crippen LogP contribution in [0.2, 0.25) is 5.02 Å². The maximum absolute atomic E-state index is 6.42.